The molecular weight excluding hydrogens is 370 g/mol. The minimum atomic E-state index is -0.541. The molecular formula is C22H19N3O4. The summed E-state index contributed by atoms with van der Waals surface area (Å²) < 4.78 is 12.4. The molecule has 2 aromatic carbocycles. The van der Waals surface area contributed by atoms with E-state index < -0.39 is 5.97 Å². The van der Waals surface area contributed by atoms with Gasteiger partial charge in [-0.25, -0.2) is 9.89 Å². The van der Waals surface area contributed by atoms with Gasteiger partial charge in [0, 0.05) is 18.9 Å². The Labute approximate surface area is 166 Å². The van der Waals surface area contributed by atoms with Crippen molar-refractivity contribution in [1.82, 2.24) is 14.8 Å². The largest absolute Gasteiger partial charge is 0.489 e. The molecule has 0 radical (unpaired) electrons. The molecule has 2 aliphatic heterocycles. The number of hydrogen-bond acceptors (Lipinski definition) is 5. The fourth-order valence-electron chi connectivity index (χ4n) is 3.08. The second kappa shape index (κ2) is 8.02. The van der Waals surface area contributed by atoms with Crippen molar-refractivity contribution in [3.05, 3.63) is 94.0 Å². The monoisotopic (exact) mass is 389 g/mol. The highest BCUT2D eigenvalue weighted by molar-refractivity contribution is 5.95. The summed E-state index contributed by atoms with van der Waals surface area (Å²) in [6, 6.07) is 17.6. The molecule has 2 aromatic rings. The van der Waals surface area contributed by atoms with Crippen LogP contribution in [0.3, 0.4) is 0 Å². The predicted octanol–water partition coefficient (Wildman–Crippen LogP) is 3.09. The maximum atomic E-state index is 12.1. The summed E-state index contributed by atoms with van der Waals surface area (Å²) in [5.41, 5.74) is 2.64. The minimum absolute atomic E-state index is 0.242. The van der Waals surface area contributed by atoms with Crippen molar-refractivity contribution in [2.45, 2.75) is 13.2 Å². The van der Waals surface area contributed by atoms with Crippen molar-refractivity contribution in [2.75, 3.05) is 7.11 Å². The summed E-state index contributed by atoms with van der Waals surface area (Å²) in [5.74, 6) is 0.227. The topological polar surface area (TPSA) is 86.2 Å². The molecule has 0 saturated carbocycles. The van der Waals surface area contributed by atoms with Crippen LogP contribution in [0.5, 0.6) is 5.75 Å². The Morgan fingerprint density at radius 1 is 1.03 bits per heavy atom. The number of aromatic nitrogens is 3. The molecule has 1 N–H and O–H groups in total. The van der Waals surface area contributed by atoms with Gasteiger partial charge in [-0.3, -0.25) is 4.79 Å². The van der Waals surface area contributed by atoms with Crippen LogP contribution >= 0.6 is 0 Å². The van der Waals surface area contributed by atoms with Crippen LogP contribution in [-0.2, 0) is 17.9 Å². The standard InChI is InChI=1S/C22H19N3O4/c1-28-22(27)19-13-25(12-18-20(19)23-24-21(18)26)11-15-7-9-17(10-8-15)29-14-16-5-3-2-4-6-16/h2-10,12-13H,11,14H2,1H3,(H,24,26). The van der Waals surface area contributed by atoms with Gasteiger partial charge in [-0.05, 0) is 23.3 Å². The summed E-state index contributed by atoms with van der Waals surface area (Å²) in [6.07, 6.45) is 3.31. The van der Waals surface area contributed by atoms with Crippen LogP contribution in [0.4, 0.5) is 0 Å². The maximum Gasteiger partial charge on any atom is 0.341 e. The molecule has 7 nitrogen and oxygen atoms in total. The number of aromatic amines is 1. The zero-order valence-corrected chi connectivity index (χ0v) is 15.8. The van der Waals surface area contributed by atoms with Crippen molar-refractivity contribution < 1.29 is 14.3 Å². The van der Waals surface area contributed by atoms with Crippen molar-refractivity contribution in [1.29, 1.82) is 0 Å². The number of rotatable bonds is 6. The average molecular weight is 389 g/mol. The van der Waals surface area contributed by atoms with E-state index in [-0.39, 0.29) is 11.1 Å². The first-order chi connectivity index (χ1) is 14.1. The number of pyridine rings is 1. The third kappa shape index (κ3) is 4.03. The number of carbonyl (C=O) groups excluding carboxylic acids is 1. The molecule has 0 amide bonds. The molecule has 0 atom stereocenters. The third-order valence-electron chi connectivity index (χ3n) is 4.56. The van der Waals surface area contributed by atoms with E-state index in [1.165, 1.54) is 7.11 Å². The van der Waals surface area contributed by atoms with Gasteiger partial charge < -0.3 is 14.0 Å². The zero-order valence-electron chi connectivity index (χ0n) is 15.8. The number of nitrogens with one attached hydrogen (secondary N) is 1. The van der Waals surface area contributed by atoms with Gasteiger partial charge in [0.25, 0.3) is 5.56 Å². The Morgan fingerprint density at radius 2 is 1.79 bits per heavy atom. The van der Waals surface area contributed by atoms with E-state index in [4.69, 9.17) is 9.47 Å². The predicted molar refractivity (Wildman–Crippen MR) is 107 cm³/mol. The third-order valence-corrected chi connectivity index (χ3v) is 4.56. The lowest BCUT2D eigenvalue weighted by Crippen LogP contribution is -2.12. The number of hydrogen-bond donors (Lipinski definition) is 1. The Balaban J connectivity index is 1.52. The molecule has 2 heterocycles. The number of nitrogens with zero attached hydrogens (tertiary/aromatic N) is 2. The van der Waals surface area contributed by atoms with Crippen molar-refractivity contribution >= 4 is 5.97 Å². The average Bonchev–Trinajstić information content (AvgIpc) is 3.13. The minimum Gasteiger partial charge on any atom is -0.489 e. The number of H-pyrrole nitrogens is 1. The zero-order chi connectivity index (χ0) is 20.2. The van der Waals surface area contributed by atoms with Crippen molar-refractivity contribution in [3.63, 3.8) is 0 Å². The Hall–Kier alpha value is -3.87. The summed E-state index contributed by atoms with van der Waals surface area (Å²) >= 11 is 0. The number of carbonyl (C=O) groups is 1. The lowest BCUT2D eigenvalue weighted by Gasteiger charge is -2.12. The molecule has 4 rings (SSSR count). The fraction of sp³-hybridized carbons (Fsp3) is 0.136. The van der Waals surface area contributed by atoms with Crippen LogP contribution in [0.1, 0.15) is 21.5 Å². The van der Waals surface area contributed by atoms with Crippen molar-refractivity contribution in [3.8, 4) is 17.0 Å². The van der Waals surface area contributed by atoms with Crippen LogP contribution < -0.4 is 10.3 Å². The second-order valence-corrected chi connectivity index (χ2v) is 6.57. The number of fused-ring (bicyclic) bond motifs is 1. The summed E-state index contributed by atoms with van der Waals surface area (Å²) in [4.78, 5) is 24.0. The molecule has 29 heavy (non-hydrogen) atoms. The molecule has 0 bridgehead atoms. The lowest BCUT2D eigenvalue weighted by atomic mass is 10.1. The van der Waals surface area contributed by atoms with Gasteiger partial charge in [0.1, 0.15) is 23.6 Å². The molecule has 2 aliphatic rings. The normalized spacial score (nSPS) is 10.8. The van der Waals surface area contributed by atoms with Gasteiger partial charge in [0.05, 0.1) is 12.7 Å². The van der Waals surface area contributed by atoms with E-state index in [0.717, 1.165) is 16.9 Å². The van der Waals surface area contributed by atoms with Crippen molar-refractivity contribution in [2.24, 2.45) is 0 Å². The van der Waals surface area contributed by atoms with E-state index >= 15 is 0 Å². The molecule has 7 heteroatoms. The SMILES string of the molecule is COC(=O)c1cn(Cc2ccc(OCc3ccccc3)cc2)cc2c(=O)[nH]nc1-2. The van der Waals surface area contributed by atoms with Crippen LogP contribution in [-0.4, -0.2) is 27.8 Å². The molecule has 0 spiro atoms. The van der Waals surface area contributed by atoms with Crippen LogP contribution in [0.15, 0.2) is 71.8 Å². The summed E-state index contributed by atoms with van der Waals surface area (Å²) in [6.45, 7) is 0.977. The smallest absolute Gasteiger partial charge is 0.341 e. The molecule has 0 unspecified atom stereocenters. The Kier molecular flexibility index (Phi) is 5.11. The van der Waals surface area contributed by atoms with E-state index in [0.29, 0.717) is 24.4 Å². The number of benzene rings is 2. The Morgan fingerprint density at radius 3 is 2.52 bits per heavy atom. The van der Waals surface area contributed by atoms with Gasteiger partial charge >= 0.3 is 5.97 Å². The number of ether oxygens (including phenoxy) is 2. The van der Waals surface area contributed by atoms with Gasteiger partial charge in [-0.15, -0.1) is 0 Å². The van der Waals surface area contributed by atoms with Gasteiger partial charge in [0.2, 0.25) is 0 Å². The summed E-state index contributed by atoms with van der Waals surface area (Å²) in [7, 11) is 1.30. The van der Waals surface area contributed by atoms with E-state index in [1.807, 2.05) is 54.6 Å². The number of esters is 1. The second-order valence-electron chi connectivity index (χ2n) is 6.57. The first-order valence-electron chi connectivity index (χ1n) is 9.06. The first-order valence-corrected chi connectivity index (χ1v) is 9.06. The van der Waals surface area contributed by atoms with Crippen LogP contribution in [0, 0.1) is 0 Å². The molecule has 146 valence electrons. The highest BCUT2D eigenvalue weighted by atomic mass is 16.5. The highest BCUT2D eigenvalue weighted by Crippen LogP contribution is 2.22. The van der Waals surface area contributed by atoms with Gasteiger partial charge in [0.15, 0.2) is 0 Å². The molecule has 0 fully saturated rings. The van der Waals surface area contributed by atoms with E-state index in [1.54, 1.807) is 17.0 Å². The lowest BCUT2D eigenvalue weighted by molar-refractivity contribution is 0.0600. The van der Waals surface area contributed by atoms with E-state index in [2.05, 4.69) is 10.2 Å². The summed E-state index contributed by atoms with van der Waals surface area (Å²) in [5, 5.41) is 6.30. The first kappa shape index (κ1) is 18.5. The Bertz CT molecular complexity index is 1150. The fourth-order valence-corrected chi connectivity index (χ4v) is 3.08. The maximum absolute atomic E-state index is 12.1. The highest BCUT2D eigenvalue weighted by Gasteiger charge is 2.21. The molecule has 0 saturated heterocycles. The molecule has 0 aromatic heterocycles. The van der Waals surface area contributed by atoms with Gasteiger partial charge in [-0.2, -0.15) is 5.10 Å². The molecule has 0 aliphatic carbocycles. The quantitative estimate of drug-likeness (QED) is 0.512. The van der Waals surface area contributed by atoms with Gasteiger partial charge in [-0.1, -0.05) is 42.5 Å². The van der Waals surface area contributed by atoms with Crippen LogP contribution in [0.25, 0.3) is 11.3 Å². The van der Waals surface area contributed by atoms with E-state index in [9.17, 15) is 9.59 Å². The number of methoxy groups -OCH3 is 1. The van der Waals surface area contributed by atoms with Crippen LogP contribution in [0.2, 0.25) is 0 Å².